The molecule has 10 atom stereocenters. The number of carbonyl (C=O) groups is 5. The number of carbonyl (C=O) groups excluding carboxylic acids is 5. The van der Waals surface area contributed by atoms with Crippen LogP contribution in [-0.4, -0.2) is 52.6 Å². The van der Waals surface area contributed by atoms with Crippen LogP contribution in [-0.2, 0) is 39.9 Å². The normalized spacial score (nSPS) is 38.2. The Hall–Kier alpha value is -3.36. The van der Waals surface area contributed by atoms with E-state index in [-0.39, 0.29) is 87.9 Å². The van der Waals surface area contributed by atoms with E-state index in [0.717, 1.165) is 56.2 Å². The summed E-state index contributed by atoms with van der Waals surface area (Å²) in [5.41, 5.74) is 1.32. The Bertz CT molecular complexity index is 1940. The van der Waals surface area contributed by atoms with Crippen molar-refractivity contribution in [3.8, 4) is 0 Å². The quantitative estimate of drug-likeness (QED) is 0.173. The molecule has 5 fully saturated rings. The number of ether oxygens (including phenoxy) is 2. The lowest BCUT2D eigenvalue weighted by Gasteiger charge is -2.72. The average Bonchev–Trinajstić information content (AvgIpc) is 3.42. The van der Waals surface area contributed by atoms with Gasteiger partial charge in [0.1, 0.15) is 18.0 Å². The van der Waals surface area contributed by atoms with Gasteiger partial charge in [0.2, 0.25) is 5.91 Å². The van der Waals surface area contributed by atoms with Gasteiger partial charge in [-0.15, -0.1) is 0 Å². The van der Waals surface area contributed by atoms with Crippen LogP contribution in [0.2, 0.25) is 0 Å². The van der Waals surface area contributed by atoms with Gasteiger partial charge in [-0.2, -0.15) is 0 Å². The van der Waals surface area contributed by atoms with E-state index in [0.29, 0.717) is 43.3 Å². The van der Waals surface area contributed by atoms with Crippen molar-refractivity contribution in [2.75, 3.05) is 0 Å². The molecule has 324 valence electrons. The third-order valence-corrected chi connectivity index (χ3v) is 18.2. The van der Waals surface area contributed by atoms with Crippen LogP contribution in [0.5, 0.6) is 0 Å². The summed E-state index contributed by atoms with van der Waals surface area (Å²) in [6.07, 6.45) is 8.24. The molecule has 0 aromatic carbocycles. The van der Waals surface area contributed by atoms with E-state index >= 15 is 0 Å². The average molecular weight is 813 g/mol. The van der Waals surface area contributed by atoms with Gasteiger partial charge in [-0.3, -0.25) is 29.0 Å². The first-order chi connectivity index (χ1) is 27.4. The Morgan fingerprint density at radius 3 is 2.25 bits per heavy atom. The molecule has 5 saturated carbocycles. The summed E-state index contributed by atoms with van der Waals surface area (Å²) < 4.78 is 11.7. The number of esters is 1. The van der Waals surface area contributed by atoms with E-state index in [4.69, 9.17) is 9.47 Å². The summed E-state index contributed by atoms with van der Waals surface area (Å²) in [6, 6.07) is 5.67. The smallest absolute Gasteiger partial charge is 0.310 e. The summed E-state index contributed by atoms with van der Waals surface area (Å²) in [5, 5.41) is 3.53. The number of aryl methyl sites for hydroxylation is 1. The number of allylic oxidation sites excluding steroid dienone is 1. The molecule has 0 aliphatic heterocycles. The topological polar surface area (TPSA) is 129 Å². The summed E-state index contributed by atoms with van der Waals surface area (Å²) in [7, 11) is 0. The molecule has 1 aromatic rings. The van der Waals surface area contributed by atoms with Gasteiger partial charge in [-0.1, -0.05) is 82.2 Å². The highest BCUT2D eigenvalue weighted by Gasteiger charge is 2.70. The fourth-order valence-electron chi connectivity index (χ4n) is 14.7. The number of pyridine rings is 1. The lowest BCUT2D eigenvalue weighted by atomic mass is 9.33. The van der Waals surface area contributed by atoms with E-state index in [2.05, 4.69) is 58.8 Å². The van der Waals surface area contributed by atoms with Gasteiger partial charge in [0, 0.05) is 41.5 Å². The maximum absolute atomic E-state index is 14.4. The summed E-state index contributed by atoms with van der Waals surface area (Å²) in [6.45, 7) is 26.6. The molecular weight excluding hydrogens is 741 g/mol. The van der Waals surface area contributed by atoms with Crippen LogP contribution in [0.15, 0.2) is 29.3 Å². The number of aromatic nitrogens is 1. The molecule has 7 rings (SSSR count). The monoisotopic (exact) mass is 813 g/mol. The van der Waals surface area contributed by atoms with Gasteiger partial charge in [-0.25, -0.2) is 0 Å². The molecule has 0 spiro atoms. The third-order valence-electron chi connectivity index (χ3n) is 18.2. The highest BCUT2D eigenvalue weighted by molar-refractivity contribution is 6.02. The van der Waals surface area contributed by atoms with Gasteiger partial charge in [0.25, 0.3) is 6.47 Å². The van der Waals surface area contributed by atoms with Crippen molar-refractivity contribution in [3.05, 3.63) is 40.7 Å². The lowest BCUT2D eigenvalue weighted by Crippen LogP contribution is -2.67. The second-order valence-electron chi connectivity index (χ2n) is 22.9. The molecule has 9 heteroatoms. The highest BCUT2D eigenvalue weighted by atomic mass is 16.6. The molecule has 0 unspecified atom stereocenters. The minimum Gasteiger partial charge on any atom is -0.464 e. The van der Waals surface area contributed by atoms with Crippen molar-refractivity contribution in [2.45, 2.75) is 178 Å². The second kappa shape index (κ2) is 14.6. The standard InChI is InChI=1S/C50H72N2O7/c1-29(2)40-35(55)27-50(52-43(57)44(4,5)26-32(54)24-31-15-13-14-30(3)51-31)23-22-48(11)33(41(40)50)16-17-37-47(10)20-19-38(46(8,9)36(47)18-21-49(37,48)12)59-42(56)34-25-39(58-28-53)45(34,6)7/h13-15,28-29,33-34,36-39H,16-27H2,1-12H3,(H,52,57)/t33-,34-,36+,37-,38+,39-,47+,48-,49-,50-/m1/s1. The van der Waals surface area contributed by atoms with E-state index < -0.39 is 16.4 Å². The molecule has 0 bridgehead atoms. The van der Waals surface area contributed by atoms with E-state index in [1.54, 1.807) is 0 Å². The van der Waals surface area contributed by atoms with Crippen LogP contribution >= 0.6 is 0 Å². The number of nitrogens with zero attached hydrogens (tertiary/aromatic N) is 1. The minimum atomic E-state index is -0.955. The van der Waals surface area contributed by atoms with Crippen molar-refractivity contribution in [1.29, 1.82) is 0 Å². The fourth-order valence-corrected chi connectivity index (χ4v) is 14.7. The predicted octanol–water partition coefficient (Wildman–Crippen LogP) is 9.27. The Morgan fingerprint density at radius 2 is 1.61 bits per heavy atom. The highest BCUT2D eigenvalue weighted by Crippen LogP contribution is 2.76. The van der Waals surface area contributed by atoms with Gasteiger partial charge < -0.3 is 14.8 Å². The van der Waals surface area contributed by atoms with Crippen molar-refractivity contribution in [1.82, 2.24) is 10.3 Å². The van der Waals surface area contributed by atoms with Gasteiger partial charge in [0.15, 0.2) is 5.78 Å². The molecule has 1 N–H and O–H groups in total. The molecule has 1 heterocycles. The van der Waals surface area contributed by atoms with Gasteiger partial charge >= 0.3 is 5.97 Å². The Labute approximate surface area is 353 Å². The molecule has 0 radical (unpaired) electrons. The second-order valence-corrected chi connectivity index (χ2v) is 22.9. The van der Waals surface area contributed by atoms with Crippen molar-refractivity contribution < 1.29 is 33.4 Å². The Balaban J connectivity index is 1.12. The van der Waals surface area contributed by atoms with Crippen molar-refractivity contribution in [2.24, 2.45) is 62.1 Å². The SMILES string of the molecule is Cc1cccc(CC(=O)CC(C)(C)C(=O)N[C@@]23CC[C@]4(C)[C@H](CC[C@@H]5[C@@]6(C)CC[C@H](OC(=O)[C@H]7C[C@@H](OC=O)C7(C)C)C(C)(C)[C@@H]6CC[C@]54C)C2=C(C(C)C)C(=O)C3)n1. The van der Waals surface area contributed by atoms with Gasteiger partial charge in [-0.05, 0) is 128 Å². The van der Waals surface area contributed by atoms with Crippen LogP contribution in [0.3, 0.4) is 0 Å². The molecule has 9 nitrogen and oxygen atoms in total. The summed E-state index contributed by atoms with van der Waals surface area (Å²) in [5.74, 6) is 0.587. The molecule has 0 saturated heterocycles. The van der Waals surface area contributed by atoms with Crippen LogP contribution in [0, 0.1) is 69.0 Å². The van der Waals surface area contributed by atoms with E-state index in [1.807, 2.05) is 52.8 Å². The zero-order valence-electron chi connectivity index (χ0n) is 38.1. The fraction of sp³-hybridized carbons (Fsp3) is 0.760. The number of hydrogen-bond donors (Lipinski definition) is 1. The number of rotatable bonds is 11. The number of fused-ring (bicyclic) bond motifs is 7. The molecule has 6 aliphatic carbocycles. The molecule has 1 amide bonds. The Kier molecular flexibility index (Phi) is 10.8. The minimum absolute atomic E-state index is 0.0106. The van der Waals surface area contributed by atoms with Crippen molar-refractivity contribution >= 4 is 29.9 Å². The maximum Gasteiger partial charge on any atom is 0.310 e. The first-order valence-electron chi connectivity index (χ1n) is 22.7. The zero-order chi connectivity index (χ0) is 43.3. The van der Waals surface area contributed by atoms with Crippen LogP contribution < -0.4 is 5.32 Å². The number of hydrogen-bond acceptors (Lipinski definition) is 8. The molecule has 1 aromatic heterocycles. The Morgan fingerprint density at radius 1 is 0.898 bits per heavy atom. The van der Waals surface area contributed by atoms with E-state index in [1.165, 1.54) is 5.57 Å². The van der Waals surface area contributed by atoms with Crippen LogP contribution in [0.1, 0.15) is 158 Å². The number of nitrogens with one attached hydrogen (secondary N) is 1. The van der Waals surface area contributed by atoms with Crippen LogP contribution in [0.25, 0.3) is 0 Å². The molecule has 6 aliphatic rings. The van der Waals surface area contributed by atoms with Crippen LogP contribution in [0.4, 0.5) is 0 Å². The molecular formula is C50H72N2O7. The predicted molar refractivity (Wildman–Crippen MR) is 227 cm³/mol. The van der Waals surface area contributed by atoms with Crippen molar-refractivity contribution in [3.63, 3.8) is 0 Å². The first-order valence-corrected chi connectivity index (χ1v) is 22.7. The lowest BCUT2D eigenvalue weighted by molar-refractivity contribution is -0.236. The number of ketones is 2. The van der Waals surface area contributed by atoms with E-state index in [9.17, 15) is 24.0 Å². The summed E-state index contributed by atoms with van der Waals surface area (Å²) >= 11 is 0. The largest absolute Gasteiger partial charge is 0.464 e. The zero-order valence-corrected chi connectivity index (χ0v) is 38.1. The number of Topliss-reactive ketones (excluding diaryl/α,β-unsaturated/α-hetero) is 2. The third kappa shape index (κ3) is 6.76. The maximum atomic E-state index is 14.4. The molecule has 59 heavy (non-hydrogen) atoms. The van der Waals surface area contributed by atoms with Gasteiger partial charge in [0.05, 0.1) is 16.9 Å². The first kappa shape index (κ1) is 43.7. The summed E-state index contributed by atoms with van der Waals surface area (Å²) in [4.78, 5) is 71.3. The number of amides is 1.